The van der Waals surface area contributed by atoms with E-state index in [4.69, 9.17) is 0 Å². The van der Waals surface area contributed by atoms with E-state index in [0.717, 1.165) is 39.1 Å². The molecule has 0 unspecified atom stereocenters. The van der Waals surface area contributed by atoms with Gasteiger partial charge in [-0.25, -0.2) is 8.42 Å². The van der Waals surface area contributed by atoms with Gasteiger partial charge in [-0.1, -0.05) is 41.6 Å². The summed E-state index contributed by atoms with van der Waals surface area (Å²) in [5.74, 6) is 0. The third-order valence-corrected chi connectivity index (χ3v) is 7.54. The Morgan fingerprint density at radius 1 is 0.897 bits per heavy atom. The largest absolute Gasteiger partial charge is 0.411 e. The van der Waals surface area contributed by atoms with E-state index in [1.54, 1.807) is 24.3 Å². The van der Waals surface area contributed by atoms with Crippen LogP contribution in [0, 0.1) is 0 Å². The summed E-state index contributed by atoms with van der Waals surface area (Å²) < 4.78 is 27.3. The van der Waals surface area contributed by atoms with Crippen LogP contribution in [0.5, 0.6) is 0 Å². The Labute approximate surface area is 171 Å². The number of hydrogen-bond acceptors (Lipinski definition) is 6. The molecule has 0 spiro atoms. The Hall–Kier alpha value is -2.42. The minimum absolute atomic E-state index is 0.109. The number of benzene rings is 2. The van der Waals surface area contributed by atoms with E-state index >= 15 is 0 Å². The van der Waals surface area contributed by atoms with Crippen molar-refractivity contribution in [1.82, 2.24) is 9.21 Å². The molecule has 0 radical (unpaired) electrons. The molecule has 8 heteroatoms. The second kappa shape index (κ2) is 8.52. The lowest BCUT2D eigenvalue weighted by Crippen LogP contribution is -2.47. The SMILES string of the molecule is O=S1(=O)c2ccccc2C(=NO)CN1CCCN1CCN(c2ccccc2)CC1. The van der Waals surface area contributed by atoms with E-state index in [9.17, 15) is 13.6 Å². The summed E-state index contributed by atoms with van der Waals surface area (Å²) in [5, 5.41) is 12.7. The van der Waals surface area contributed by atoms with Gasteiger partial charge in [-0.05, 0) is 31.2 Å². The molecule has 0 amide bonds. The average Bonchev–Trinajstić information content (AvgIpc) is 2.76. The molecule has 1 fully saturated rings. The fourth-order valence-corrected chi connectivity index (χ4v) is 5.68. The first-order valence-electron chi connectivity index (χ1n) is 9.92. The molecule has 0 aromatic heterocycles. The maximum Gasteiger partial charge on any atom is 0.244 e. The minimum Gasteiger partial charge on any atom is -0.411 e. The van der Waals surface area contributed by atoms with E-state index in [1.165, 1.54) is 9.99 Å². The topological polar surface area (TPSA) is 76.4 Å². The van der Waals surface area contributed by atoms with Crippen molar-refractivity contribution < 1.29 is 13.6 Å². The molecule has 2 heterocycles. The lowest BCUT2D eigenvalue weighted by molar-refractivity contribution is 0.247. The van der Waals surface area contributed by atoms with Crippen molar-refractivity contribution in [1.29, 1.82) is 0 Å². The smallest absolute Gasteiger partial charge is 0.244 e. The number of piperazine rings is 1. The van der Waals surface area contributed by atoms with Crippen LogP contribution in [0.3, 0.4) is 0 Å². The van der Waals surface area contributed by atoms with Gasteiger partial charge >= 0.3 is 0 Å². The highest BCUT2D eigenvalue weighted by atomic mass is 32.2. The van der Waals surface area contributed by atoms with Gasteiger partial charge in [-0.15, -0.1) is 0 Å². The molecule has 1 saturated heterocycles. The van der Waals surface area contributed by atoms with Crippen molar-refractivity contribution in [3.05, 3.63) is 60.2 Å². The van der Waals surface area contributed by atoms with E-state index in [-0.39, 0.29) is 11.4 Å². The van der Waals surface area contributed by atoms with Crippen molar-refractivity contribution in [2.75, 3.05) is 50.7 Å². The summed E-state index contributed by atoms with van der Waals surface area (Å²) in [5.41, 5.74) is 2.14. The molecule has 29 heavy (non-hydrogen) atoms. The number of hydrogen-bond donors (Lipinski definition) is 1. The third kappa shape index (κ3) is 4.14. The van der Waals surface area contributed by atoms with Gasteiger partial charge in [-0.2, -0.15) is 4.31 Å². The maximum absolute atomic E-state index is 12.9. The van der Waals surface area contributed by atoms with Crippen LogP contribution in [0.4, 0.5) is 5.69 Å². The van der Waals surface area contributed by atoms with Crippen LogP contribution in [-0.2, 0) is 10.0 Å². The number of sulfonamides is 1. The Bertz CT molecular complexity index is 970. The summed E-state index contributed by atoms with van der Waals surface area (Å²) in [7, 11) is -3.56. The predicted molar refractivity (Wildman–Crippen MR) is 113 cm³/mol. The minimum atomic E-state index is -3.56. The fourth-order valence-electron chi connectivity index (χ4n) is 4.03. The first-order chi connectivity index (χ1) is 14.1. The second-order valence-electron chi connectivity index (χ2n) is 7.40. The molecule has 2 aliphatic heterocycles. The highest BCUT2D eigenvalue weighted by molar-refractivity contribution is 7.89. The molecule has 7 nitrogen and oxygen atoms in total. The Morgan fingerprint density at radius 2 is 1.59 bits per heavy atom. The van der Waals surface area contributed by atoms with Crippen LogP contribution < -0.4 is 4.90 Å². The van der Waals surface area contributed by atoms with Crippen LogP contribution in [0.15, 0.2) is 64.6 Å². The molecule has 0 atom stereocenters. The van der Waals surface area contributed by atoms with Gasteiger partial charge in [0.25, 0.3) is 0 Å². The molecule has 1 N–H and O–H groups in total. The zero-order valence-corrected chi connectivity index (χ0v) is 17.1. The number of oxime groups is 1. The van der Waals surface area contributed by atoms with Gasteiger partial charge in [0.1, 0.15) is 5.71 Å². The predicted octanol–water partition coefficient (Wildman–Crippen LogP) is 2.08. The molecule has 154 valence electrons. The van der Waals surface area contributed by atoms with Crippen LogP contribution in [0.1, 0.15) is 12.0 Å². The Balaban J connectivity index is 1.32. The van der Waals surface area contributed by atoms with Crippen molar-refractivity contribution in [2.45, 2.75) is 11.3 Å². The zero-order chi connectivity index (χ0) is 20.3. The first-order valence-corrected chi connectivity index (χ1v) is 11.4. The van der Waals surface area contributed by atoms with Crippen molar-refractivity contribution in [3.8, 4) is 0 Å². The standard InChI is InChI=1S/C21H26N4O3S/c26-22-20-17-25(29(27,28)21-10-5-4-9-19(20)21)12-6-11-23-13-15-24(16-14-23)18-7-2-1-3-8-18/h1-5,7-10,26H,6,11-17H2. The van der Waals surface area contributed by atoms with Gasteiger partial charge in [-0.3, -0.25) is 4.90 Å². The number of nitrogens with zero attached hydrogens (tertiary/aromatic N) is 4. The molecule has 4 rings (SSSR count). The molecule has 2 aliphatic rings. The number of para-hydroxylation sites is 1. The molecule has 2 aromatic rings. The van der Waals surface area contributed by atoms with Crippen LogP contribution >= 0.6 is 0 Å². The normalized spacial score (nSPS) is 21.2. The summed E-state index contributed by atoms with van der Waals surface area (Å²) in [6.07, 6.45) is 0.742. The van der Waals surface area contributed by atoms with Gasteiger partial charge in [0.15, 0.2) is 0 Å². The first kappa shape index (κ1) is 19.9. The molecule has 0 saturated carbocycles. The van der Waals surface area contributed by atoms with Crippen molar-refractivity contribution >= 4 is 21.4 Å². The van der Waals surface area contributed by atoms with E-state index < -0.39 is 10.0 Å². The lowest BCUT2D eigenvalue weighted by Gasteiger charge is -2.36. The number of anilines is 1. The van der Waals surface area contributed by atoms with E-state index in [1.807, 2.05) is 6.07 Å². The summed E-state index contributed by atoms with van der Waals surface area (Å²) in [4.78, 5) is 4.98. The Morgan fingerprint density at radius 3 is 2.31 bits per heavy atom. The van der Waals surface area contributed by atoms with Crippen LogP contribution in [-0.4, -0.2) is 74.4 Å². The lowest BCUT2D eigenvalue weighted by atomic mass is 10.1. The highest BCUT2D eigenvalue weighted by Crippen LogP contribution is 2.26. The van der Waals surface area contributed by atoms with Gasteiger partial charge in [0, 0.05) is 44.0 Å². The summed E-state index contributed by atoms with van der Waals surface area (Å²) >= 11 is 0. The fraction of sp³-hybridized carbons (Fsp3) is 0.381. The van der Waals surface area contributed by atoms with Gasteiger partial charge < -0.3 is 10.1 Å². The summed E-state index contributed by atoms with van der Waals surface area (Å²) in [6, 6.07) is 17.1. The van der Waals surface area contributed by atoms with Crippen LogP contribution in [0.25, 0.3) is 0 Å². The quantitative estimate of drug-likeness (QED) is 0.599. The number of fused-ring (bicyclic) bond motifs is 1. The average molecular weight is 415 g/mol. The highest BCUT2D eigenvalue weighted by Gasteiger charge is 2.34. The van der Waals surface area contributed by atoms with Crippen LogP contribution in [0.2, 0.25) is 0 Å². The van der Waals surface area contributed by atoms with E-state index in [0.29, 0.717) is 17.8 Å². The van der Waals surface area contributed by atoms with Crippen molar-refractivity contribution in [3.63, 3.8) is 0 Å². The molecular weight excluding hydrogens is 388 g/mol. The monoisotopic (exact) mass is 414 g/mol. The molecule has 2 aromatic carbocycles. The Kier molecular flexibility index (Phi) is 5.84. The van der Waals surface area contributed by atoms with Gasteiger partial charge in [0.05, 0.1) is 11.4 Å². The molecule has 0 bridgehead atoms. The van der Waals surface area contributed by atoms with Gasteiger partial charge in [0.2, 0.25) is 10.0 Å². The van der Waals surface area contributed by atoms with Crippen molar-refractivity contribution in [2.24, 2.45) is 5.16 Å². The second-order valence-corrected chi connectivity index (χ2v) is 9.31. The number of rotatable bonds is 5. The third-order valence-electron chi connectivity index (χ3n) is 5.64. The van der Waals surface area contributed by atoms with E-state index in [2.05, 4.69) is 39.2 Å². The summed E-state index contributed by atoms with van der Waals surface area (Å²) in [6.45, 7) is 5.25. The maximum atomic E-state index is 12.9. The molecule has 0 aliphatic carbocycles. The molecular formula is C21H26N4O3S. The zero-order valence-electron chi connectivity index (χ0n) is 16.3.